The van der Waals surface area contributed by atoms with Crippen LogP contribution in [0.15, 0.2) is 18.2 Å². The van der Waals surface area contributed by atoms with Gasteiger partial charge in [-0.15, -0.1) is 0 Å². The molecular formula is C13H18F2N2O3S. The van der Waals surface area contributed by atoms with Crippen LogP contribution in [0.4, 0.5) is 14.5 Å². The highest BCUT2D eigenvalue weighted by atomic mass is 32.2. The van der Waals surface area contributed by atoms with Crippen molar-refractivity contribution in [2.45, 2.75) is 20.3 Å². The van der Waals surface area contributed by atoms with Crippen molar-refractivity contribution in [3.63, 3.8) is 0 Å². The van der Waals surface area contributed by atoms with Crippen LogP contribution < -0.4 is 9.62 Å². The maximum Gasteiger partial charge on any atom is 0.223 e. The molecule has 1 aromatic rings. The van der Waals surface area contributed by atoms with Crippen LogP contribution in [0, 0.1) is 11.6 Å². The van der Waals surface area contributed by atoms with E-state index in [1.54, 1.807) is 6.92 Å². The molecule has 0 aliphatic carbocycles. The van der Waals surface area contributed by atoms with Gasteiger partial charge in [-0.05, 0) is 18.6 Å². The molecule has 1 N–H and O–H groups in total. The van der Waals surface area contributed by atoms with Gasteiger partial charge in [0.2, 0.25) is 15.9 Å². The zero-order chi connectivity index (χ0) is 16.0. The van der Waals surface area contributed by atoms with E-state index in [2.05, 4.69) is 4.72 Å². The van der Waals surface area contributed by atoms with E-state index in [-0.39, 0.29) is 24.5 Å². The second-order valence-electron chi connectivity index (χ2n) is 4.48. The summed E-state index contributed by atoms with van der Waals surface area (Å²) in [6, 6.07) is 3.08. The molecule has 21 heavy (non-hydrogen) atoms. The molecule has 1 amide bonds. The largest absolute Gasteiger partial charge is 0.311 e. The van der Waals surface area contributed by atoms with Crippen LogP contribution in [0.2, 0.25) is 0 Å². The second-order valence-corrected chi connectivity index (χ2v) is 6.41. The first-order chi connectivity index (χ1) is 9.76. The Balaban J connectivity index is 2.75. The number of sulfonamides is 1. The Morgan fingerprint density at radius 1 is 1.29 bits per heavy atom. The summed E-state index contributed by atoms with van der Waals surface area (Å²) in [5.74, 6) is -2.47. The van der Waals surface area contributed by atoms with E-state index in [4.69, 9.17) is 0 Å². The number of amides is 1. The van der Waals surface area contributed by atoms with E-state index in [1.807, 2.05) is 0 Å². The summed E-state index contributed by atoms with van der Waals surface area (Å²) >= 11 is 0. The monoisotopic (exact) mass is 320 g/mol. The van der Waals surface area contributed by atoms with Gasteiger partial charge in [0.1, 0.15) is 0 Å². The predicted octanol–water partition coefficient (Wildman–Crippen LogP) is 1.65. The van der Waals surface area contributed by atoms with Crippen molar-refractivity contribution in [3.8, 4) is 0 Å². The second kappa shape index (κ2) is 7.46. The first-order valence-corrected chi connectivity index (χ1v) is 8.12. The van der Waals surface area contributed by atoms with Crippen LogP contribution in [-0.4, -0.2) is 33.2 Å². The summed E-state index contributed by atoms with van der Waals surface area (Å²) < 4.78 is 51.4. The van der Waals surface area contributed by atoms with E-state index in [9.17, 15) is 22.0 Å². The van der Waals surface area contributed by atoms with Crippen molar-refractivity contribution >= 4 is 21.6 Å². The molecule has 0 bridgehead atoms. The first kappa shape index (κ1) is 17.5. The highest BCUT2D eigenvalue weighted by Crippen LogP contribution is 2.17. The van der Waals surface area contributed by atoms with Crippen LogP contribution in [0.5, 0.6) is 0 Å². The predicted molar refractivity (Wildman–Crippen MR) is 76.5 cm³/mol. The van der Waals surface area contributed by atoms with Crippen LogP contribution in [0.1, 0.15) is 20.3 Å². The number of nitrogens with one attached hydrogen (secondary N) is 1. The number of nitrogens with zero attached hydrogens (tertiary/aromatic N) is 1. The average molecular weight is 320 g/mol. The number of hydrogen-bond acceptors (Lipinski definition) is 3. The molecule has 0 saturated heterocycles. The third-order valence-corrected chi connectivity index (χ3v) is 4.31. The van der Waals surface area contributed by atoms with E-state index >= 15 is 0 Å². The zero-order valence-electron chi connectivity index (χ0n) is 11.9. The SMILES string of the molecule is CCCS(=O)(=O)NCCN(C(C)=O)c1ccc(F)c(F)c1. The highest BCUT2D eigenvalue weighted by Gasteiger charge is 2.15. The van der Waals surface area contributed by atoms with Gasteiger partial charge in [0.15, 0.2) is 11.6 Å². The molecular weight excluding hydrogens is 302 g/mol. The van der Waals surface area contributed by atoms with Crippen LogP contribution >= 0.6 is 0 Å². The van der Waals surface area contributed by atoms with Gasteiger partial charge in [-0.2, -0.15) is 0 Å². The fourth-order valence-corrected chi connectivity index (χ4v) is 2.86. The Hall–Kier alpha value is -1.54. The summed E-state index contributed by atoms with van der Waals surface area (Å²) in [6.07, 6.45) is 0.481. The number of carbonyl (C=O) groups excluding carboxylic acids is 1. The third kappa shape index (κ3) is 5.39. The summed E-state index contributed by atoms with van der Waals surface area (Å²) in [6.45, 7) is 3.04. The molecule has 8 heteroatoms. The van der Waals surface area contributed by atoms with Crippen molar-refractivity contribution in [2.24, 2.45) is 0 Å². The van der Waals surface area contributed by atoms with E-state index in [0.717, 1.165) is 12.1 Å². The lowest BCUT2D eigenvalue weighted by Gasteiger charge is -2.21. The molecule has 0 fully saturated rings. The Kier molecular flexibility index (Phi) is 6.22. The van der Waals surface area contributed by atoms with E-state index < -0.39 is 27.6 Å². The smallest absolute Gasteiger partial charge is 0.223 e. The molecule has 0 aliphatic rings. The third-order valence-electron chi connectivity index (χ3n) is 2.73. The lowest BCUT2D eigenvalue weighted by Crippen LogP contribution is -2.38. The van der Waals surface area contributed by atoms with Crippen LogP contribution in [0.3, 0.4) is 0 Å². The fourth-order valence-electron chi connectivity index (χ4n) is 1.78. The molecule has 0 unspecified atom stereocenters. The van der Waals surface area contributed by atoms with Gasteiger partial charge in [-0.3, -0.25) is 4.79 Å². The molecule has 0 heterocycles. The summed E-state index contributed by atoms with van der Waals surface area (Å²) in [5.41, 5.74) is 0.177. The lowest BCUT2D eigenvalue weighted by atomic mass is 10.2. The lowest BCUT2D eigenvalue weighted by molar-refractivity contribution is -0.116. The van der Waals surface area contributed by atoms with Crippen molar-refractivity contribution in [1.29, 1.82) is 0 Å². The molecule has 0 atom stereocenters. The summed E-state index contributed by atoms with van der Waals surface area (Å²) in [5, 5.41) is 0. The molecule has 0 radical (unpaired) electrons. The molecule has 0 spiro atoms. The van der Waals surface area contributed by atoms with Gasteiger partial charge in [0.25, 0.3) is 0 Å². The summed E-state index contributed by atoms with van der Waals surface area (Å²) in [7, 11) is -3.37. The van der Waals surface area contributed by atoms with Crippen LogP contribution in [-0.2, 0) is 14.8 Å². The molecule has 0 aliphatic heterocycles. The van der Waals surface area contributed by atoms with E-state index in [0.29, 0.717) is 6.42 Å². The fraction of sp³-hybridized carbons (Fsp3) is 0.462. The van der Waals surface area contributed by atoms with Gasteiger partial charge in [0.05, 0.1) is 5.75 Å². The topological polar surface area (TPSA) is 66.5 Å². The number of carbonyl (C=O) groups is 1. The van der Waals surface area contributed by atoms with Gasteiger partial charge in [0, 0.05) is 31.8 Å². The standard InChI is InChI=1S/C13H18F2N2O3S/c1-3-8-21(19,20)16-6-7-17(10(2)18)11-4-5-12(14)13(15)9-11/h4-5,9,16H,3,6-8H2,1-2H3. The normalized spacial score (nSPS) is 11.4. The van der Waals surface area contributed by atoms with Gasteiger partial charge >= 0.3 is 0 Å². The molecule has 1 aromatic carbocycles. The molecule has 118 valence electrons. The van der Waals surface area contributed by atoms with Crippen molar-refractivity contribution < 1.29 is 22.0 Å². The molecule has 5 nitrogen and oxygen atoms in total. The summed E-state index contributed by atoms with van der Waals surface area (Å²) in [4.78, 5) is 12.7. The average Bonchev–Trinajstić information content (AvgIpc) is 2.37. The van der Waals surface area contributed by atoms with Crippen molar-refractivity contribution in [1.82, 2.24) is 4.72 Å². The molecule has 1 rings (SSSR count). The van der Waals surface area contributed by atoms with E-state index in [1.165, 1.54) is 17.9 Å². The molecule has 0 aromatic heterocycles. The number of anilines is 1. The van der Waals surface area contributed by atoms with Crippen molar-refractivity contribution in [2.75, 3.05) is 23.7 Å². The maximum atomic E-state index is 13.2. The Morgan fingerprint density at radius 2 is 1.95 bits per heavy atom. The van der Waals surface area contributed by atoms with Crippen LogP contribution in [0.25, 0.3) is 0 Å². The van der Waals surface area contributed by atoms with Gasteiger partial charge in [-0.1, -0.05) is 6.92 Å². The Labute approximate surface area is 123 Å². The number of halogens is 2. The molecule has 0 saturated carbocycles. The van der Waals surface area contributed by atoms with Gasteiger partial charge in [-0.25, -0.2) is 21.9 Å². The number of benzene rings is 1. The Bertz CT molecular complexity index is 605. The highest BCUT2D eigenvalue weighted by molar-refractivity contribution is 7.89. The maximum absolute atomic E-state index is 13.2. The minimum Gasteiger partial charge on any atom is -0.311 e. The first-order valence-electron chi connectivity index (χ1n) is 6.47. The van der Waals surface area contributed by atoms with Crippen molar-refractivity contribution in [3.05, 3.63) is 29.8 Å². The number of rotatable bonds is 7. The number of hydrogen-bond donors (Lipinski definition) is 1. The minimum atomic E-state index is -3.37. The minimum absolute atomic E-state index is 0.000902. The Morgan fingerprint density at radius 3 is 2.48 bits per heavy atom. The zero-order valence-corrected chi connectivity index (χ0v) is 12.7. The quantitative estimate of drug-likeness (QED) is 0.831. The van der Waals surface area contributed by atoms with Gasteiger partial charge < -0.3 is 4.90 Å².